The van der Waals surface area contributed by atoms with E-state index in [0.717, 1.165) is 17.1 Å². The second-order valence-corrected chi connectivity index (χ2v) is 7.75. The Balaban J connectivity index is 1.34. The molecule has 2 aromatic heterocycles. The average molecular weight is 401 g/mol. The molecule has 9 heteroatoms. The number of aryl methyl sites for hydroxylation is 2. The van der Waals surface area contributed by atoms with Crippen molar-refractivity contribution < 1.29 is 19.0 Å². The minimum absolute atomic E-state index is 0.226. The van der Waals surface area contributed by atoms with Gasteiger partial charge in [0.15, 0.2) is 6.10 Å². The van der Waals surface area contributed by atoms with Gasteiger partial charge in [-0.3, -0.25) is 9.67 Å². The fourth-order valence-electron chi connectivity index (χ4n) is 3.64. The lowest BCUT2D eigenvalue weighted by atomic mass is 10.1. The monoisotopic (exact) mass is 401 g/mol. The quantitative estimate of drug-likeness (QED) is 0.797. The Morgan fingerprint density at radius 2 is 2.03 bits per heavy atom. The number of urea groups is 1. The van der Waals surface area contributed by atoms with Gasteiger partial charge >= 0.3 is 6.03 Å². The molecular formula is C20H27N5O4. The SMILES string of the molecule is Cc1nn(C(C)C)cc1NC(=O)N[C@H]1CO[C@H]2[C@@H]1OC[C@@H]2Oc1cccnc1C. The lowest BCUT2D eigenvalue weighted by molar-refractivity contribution is 0.0299. The van der Waals surface area contributed by atoms with Gasteiger partial charge in [0.05, 0.1) is 36.3 Å². The first-order valence-corrected chi connectivity index (χ1v) is 9.87. The van der Waals surface area contributed by atoms with E-state index in [4.69, 9.17) is 14.2 Å². The molecule has 0 aromatic carbocycles. The zero-order chi connectivity index (χ0) is 20.5. The maximum atomic E-state index is 12.5. The molecule has 2 aliphatic rings. The van der Waals surface area contributed by atoms with Crippen LogP contribution >= 0.6 is 0 Å². The summed E-state index contributed by atoms with van der Waals surface area (Å²) in [5, 5.41) is 10.2. The molecule has 9 nitrogen and oxygen atoms in total. The van der Waals surface area contributed by atoms with Gasteiger partial charge in [0.1, 0.15) is 18.0 Å². The maximum absolute atomic E-state index is 12.5. The predicted octanol–water partition coefficient (Wildman–Crippen LogP) is 2.21. The Kier molecular flexibility index (Phi) is 5.42. The summed E-state index contributed by atoms with van der Waals surface area (Å²) >= 11 is 0. The second kappa shape index (κ2) is 8.00. The summed E-state index contributed by atoms with van der Waals surface area (Å²) < 4.78 is 19.7. The van der Waals surface area contributed by atoms with Crippen LogP contribution in [0.4, 0.5) is 10.5 Å². The Morgan fingerprint density at radius 1 is 1.24 bits per heavy atom. The van der Waals surface area contributed by atoms with Gasteiger partial charge in [-0.2, -0.15) is 5.10 Å². The molecule has 156 valence electrons. The van der Waals surface area contributed by atoms with E-state index in [-0.39, 0.29) is 36.4 Å². The number of nitrogens with one attached hydrogen (secondary N) is 2. The molecule has 0 spiro atoms. The molecule has 4 heterocycles. The number of hydrogen-bond acceptors (Lipinski definition) is 6. The van der Waals surface area contributed by atoms with E-state index in [0.29, 0.717) is 18.9 Å². The summed E-state index contributed by atoms with van der Waals surface area (Å²) in [4.78, 5) is 16.7. The first-order chi connectivity index (χ1) is 13.9. The third-order valence-electron chi connectivity index (χ3n) is 5.26. The molecule has 4 rings (SSSR count). The number of ether oxygens (including phenoxy) is 3. The number of rotatable bonds is 5. The van der Waals surface area contributed by atoms with Crippen molar-refractivity contribution in [2.24, 2.45) is 0 Å². The summed E-state index contributed by atoms with van der Waals surface area (Å²) in [7, 11) is 0. The Hall–Kier alpha value is -2.65. The predicted molar refractivity (Wildman–Crippen MR) is 106 cm³/mol. The van der Waals surface area contributed by atoms with E-state index < -0.39 is 0 Å². The van der Waals surface area contributed by atoms with Crippen molar-refractivity contribution in [3.8, 4) is 5.75 Å². The number of anilines is 1. The molecule has 2 aromatic rings. The number of amides is 2. The van der Waals surface area contributed by atoms with Crippen LogP contribution in [-0.2, 0) is 9.47 Å². The number of hydrogen-bond donors (Lipinski definition) is 2. The third kappa shape index (κ3) is 4.06. The molecule has 0 radical (unpaired) electrons. The van der Waals surface area contributed by atoms with Crippen LogP contribution in [0.3, 0.4) is 0 Å². The minimum Gasteiger partial charge on any atom is -0.483 e. The van der Waals surface area contributed by atoms with E-state index >= 15 is 0 Å². The molecule has 2 saturated heterocycles. The van der Waals surface area contributed by atoms with Crippen molar-refractivity contribution in [2.75, 3.05) is 18.5 Å². The normalized spacial score (nSPS) is 25.8. The van der Waals surface area contributed by atoms with Crippen molar-refractivity contribution in [1.29, 1.82) is 0 Å². The largest absolute Gasteiger partial charge is 0.483 e. The van der Waals surface area contributed by atoms with Crippen molar-refractivity contribution in [1.82, 2.24) is 20.1 Å². The molecular weight excluding hydrogens is 374 g/mol. The standard InChI is InChI=1S/C20H27N5O4/c1-11(2)25-8-14(12(3)24-25)22-20(26)23-15-9-27-19-17(10-28-18(15)19)29-16-6-5-7-21-13(16)4/h5-8,11,15,17-19H,9-10H2,1-4H3,(H2,22,23,26)/t15-,17-,18+,19+/m0/s1. The topological polar surface area (TPSA) is 99.5 Å². The van der Waals surface area contributed by atoms with Crippen LogP contribution in [0, 0.1) is 13.8 Å². The molecule has 0 saturated carbocycles. The summed E-state index contributed by atoms with van der Waals surface area (Å²) in [5.74, 6) is 0.720. The molecule has 2 fully saturated rings. The number of fused-ring (bicyclic) bond motifs is 1. The van der Waals surface area contributed by atoms with Crippen LogP contribution < -0.4 is 15.4 Å². The molecule has 0 unspecified atom stereocenters. The molecule has 2 aliphatic heterocycles. The molecule has 4 atom stereocenters. The van der Waals surface area contributed by atoms with Gasteiger partial charge in [-0.1, -0.05) is 0 Å². The van der Waals surface area contributed by atoms with Crippen LogP contribution in [0.2, 0.25) is 0 Å². The average Bonchev–Trinajstić information content (AvgIpc) is 3.35. The number of nitrogens with zero attached hydrogens (tertiary/aromatic N) is 3. The van der Waals surface area contributed by atoms with Gasteiger partial charge in [-0.25, -0.2) is 4.79 Å². The third-order valence-corrected chi connectivity index (χ3v) is 5.26. The van der Waals surface area contributed by atoms with Crippen LogP contribution in [0.1, 0.15) is 31.3 Å². The van der Waals surface area contributed by atoms with Crippen molar-refractivity contribution >= 4 is 11.7 Å². The van der Waals surface area contributed by atoms with Gasteiger partial charge < -0.3 is 24.8 Å². The lowest BCUT2D eigenvalue weighted by Crippen LogP contribution is -2.46. The minimum atomic E-state index is -0.304. The fourth-order valence-corrected chi connectivity index (χ4v) is 3.64. The van der Waals surface area contributed by atoms with Gasteiger partial charge in [0, 0.05) is 18.4 Å². The van der Waals surface area contributed by atoms with Crippen LogP contribution in [0.15, 0.2) is 24.5 Å². The van der Waals surface area contributed by atoms with Gasteiger partial charge in [-0.05, 0) is 39.8 Å². The van der Waals surface area contributed by atoms with Crippen LogP contribution in [-0.4, -0.2) is 58.4 Å². The van der Waals surface area contributed by atoms with Crippen molar-refractivity contribution in [2.45, 2.75) is 58.1 Å². The number of carbonyl (C=O) groups excluding carboxylic acids is 1. The van der Waals surface area contributed by atoms with Gasteiger partial charge in [0.2, 0.25) is 0 Å². The zero-order valence-corrected chi connectivity index (χ0v) is 17.1. The highest BCUT2D eigenvalue weighted by molar-refractivity contribution is 5.89. The number of pyridine rings is 1. The number of carbonyl (C=O) groups is 1. The summed E-state index contributed by atoms with van der Waals surface area (Å²) in [6.07, 6.45) is 2.85. The molecule has 2 amide bonds. The first kappa shape index (κ1) is 19.7. The Morgan fingerprint density at radius 3 is 2.76 bits per heavy atom. The van der Waals surface area contributed by atoms with E-state index in [1.165, 1.54) is 0 Å². The van der Waals surface area contributed by atoms with Gasteiger partial charge in [0.25, 0.3) is 0 Å². The first-order valence-electron chi connectivity index (χ1n) is 9.87. The van der Waals surface area contributed by atoms with Crippen molar-refractivity contribution in [3.05, 3.63) is 35.9 Å². The summed E-state index contributed by atoms with van der Waals surface area (Å²) in [6, 6.07) is 3.39. The summed E-state index contributed by atoms with van der Waals surface area (Å²) in [6.45, 7) is 8.62. The lowest BCUT2D eigenvalue weighted by Gasteiger charge is -2.19. The fraction of sp³-hybridized carbons (Fsp3) is 0.550. The van der Waals surface area contributed by atoms with Gasteiger partial charge in [-0.15, -0.1) is 0 Å². The summed E-state index contributed by atoms with van der Waals surface area (Å²) in [5.41, 5.74) is 2.28. The molecule has 0 aliphatic carbocycles. The smallest absolute Gasteiger partial charge is 0.319 e. The Bertz CT molecular complexity index is 884. The molecule has 0 bridgehead atoms. The Labute approximate surface area is 169 Å². The molecule has 2 N–H and O–H groups in total. The van der Waals surface area contributed by atoms with E-state index in [9.17, 15) is 4.79 Å². The highest BCUT2D eigenvalue weighted by atomic mass is 16.6. The molecule has 29 heavy (non-hydrogen) atoms. The van der Waals surface area contributed by atoms with E-state index in [1.54, 1.807) is 6.20 Å². The van der Waals surface area contributed by atoms with Crippen LogP contribution in [0.25, 0.3) is 0 Å². The number of aromatic nitrogens is 3. The van der Waals surface area contributed by atoms with E-state index in [1.807, 2.05) is 50.7 Å². The van der Waals surface area contributed by atoms with E-state index in [2.05, 4.69) is 20.7 Å². The highest BCUT2D eigenvalue weighted by Crippen LogP contribution is 2.30. The zero-order valence-electron chi connectivity index (χ0n) is 17.1. The second-order valence-electron chi connectivity index (χ2n) is 7.75. The maximum Gasteiger partial charge on any atom is 0.319 e. The van der Waals surface area contributed by atoms with Crippen molar-refractivity contribution in [3.63, 3.8) is 0 Å². The highest BCUT2D eigenvalue weighted by Gasteiger charge is 2.49. The van der Waals surface area contributed by atoms with Crippen LogP contribution in [0.5, 0.6) is 5.75 Å².